The number of halogens is 1. The third-order valence-electron chi connectivity index (χ3n) is 5.37. The highest BCUT2D eigenvalue weighted by atomic mass is 32.2. The average molecular weight is 397 g/mol. The van der Waals surface area contributed by atoms with Crippen molar-refractivity contribution in [2.45, 2.75) is 37.1 Å². The number of benzene rings is 1. The summed E-state index contributed by atoms with van der Waals surface area (Å²) >= 11 is 0. The van der Waals surface area contributed by atoms with Crippen molar-refractivity contribution in [3.63, 3.8) is 0 Å². The standard InChI is InChI=1S/C18H24FN3O4S/c1-18(2)17(24)20-9-12-22(18)16(23)13-7-10-21(11-8-13)27(25,26)15-5-3-14(19)4-6-15/h3-6,13H,7-12H2,1-2H3,(H,20,24). The normalized spacial score (nSPS) is 21.7. The number of hydrogen-bond donors (Lipinski definition) is 1. The number of hydrogen-bond acceptors (Lipinski definition) is 4. The molecule has 7 nitrogen and oxygen atoms in total. The molecule has 2 saturated heterocycles. The molecule has 2 aliphatic rings. The number of rotatable bonds is 3. The van der Waals surface area contributed by atoms with Gasteiger partial charge < -0.3 is 10.2 Å². The van der Waals surface area contributed by atoms with Gasteiger partial charge in [0.25, 0.3) is 0 Å². The molecule has 1 aromatic carbocycles. The molecule has 0 saturated carbocycles. The largest absolute Gasteiger partial charge is 0.352 e. The molecule has 1 N–H and O–H groups in total. The van der Waals surface area contributed by atoms with Gasteiger partial charge >= 0.3 is 0 Å². The van der Waals surface area contributed by atoms with Crippen LogP contribution >= 0.6 is 0 Å². The van der Waals surface area contributed by atoms with E-state index in [9.17, 15) is 22.4 Å². The molecule has 0 spiro atoms. The van der Waals surface area contributed by atoms with Gasteiger partial charge in [-0.1, -0.05) is 0 Å². The first-order valence-corrected chi connectivity index (χ1v) is 10.4. The number of sulfonamides is 1. The predicted octanol–water partition coefficient (Wildman–Crippen LogP) is 0.963. The number of carbonyl (C=O) groups is 2. The third-order valence-corrected chi connectivity index (χ3v) is 7.28. The van der Waals surface area contributed by atoms with Crippen molar-refractivity contribution < 1.29 is 22.4 Å². The number of nitrogens with one attached hydrogen (secondary N) is 1. The molecule has 2 amide bonds. The van der Waals surface area contributed by atoms with E-state index < -0.39 is 21.4 Å². The maximum Gasteiger partial charge on any atom is 0.245 e. The predicted molar refractivity (Wildman–Crippen MR) is 96.7 cm³/mol. The fourth-order valence-electron chi connectivity index (χ4n) is 3.60. The Bertz CT molecular complexity index is 831. The summed E-state index contributed by atoms with van der Waals surface area (Å²) in [6.07, 6.45) is 0.793. The van der Waals surface area contributed by atoms with Crippen LogP contribution in [0.1, 0.15) is 26.7 Å². The maximum absolute atomic E-state index is 13.0. The lowest BCUT2D eigenvalue weighted by Crippen LogP contribution is -2.64. The highest BCUT2D eigenvalue weighted by Gasteiger charge is 2.43. The molecule has 3 rings (SSSR count). The van der Waals surface area contributed by atoms with Crippen molar-refractivity contribution >= 4 is 21.8 Å². The van der Waals surface area contributed by atoms with Crippen molar-refractivity contribution in [3.8, 4) is 0 Å². The van der Waals surface area contributed by atoms with E-state index >= 15 is 0 Å². The van der Waals surface area contributed by atoms with E-state index in [1.165, 1.54) is 16.4 Å². The molecule has 0 unspecified atom stereocenters. The van der Waals surface area contributed by atoms with E-state index in [1.807, 2.05) is 0 Å². The first-order valence-electron chi connectivity index (χ1n) is 8.99. The number of piperidine rings is 1. The van der Waals surface area contributed by atoms with Gasteiger partial charge in [0, 0.05) is 32.1 Å². The summed E-state index contributed by atoms with van der Waals surface area (Å²) in [5, 5.41) is 2.76. The fourth-order valence-corrected chi connectivity index (χ4v) is 5.07. The fraction of sp³-hybridized carbons (Fsp3) is 0.556. The van der Waals surface area contributed by atoms with Crippen molar-refractivity contribution in [2.75, 3.05) is 26.2 Å². The smallest absolute Gasteiger partial charge is 0.245 e. The van der Waals surface area contributed by atoms with Crippen LogP contribution < -0.4 is 5.32 Å². The molecular weight excluding hydrogens is 373 g/mol. The first kappa shape index (κ1) is 19.8. The number of piperazine rings is 1. The molecule has 1 aromatic rings. The van der Waals surface area contributed by atoms with Gasteiger partial charge in [0.15, 0.2) is 0 Å². The number of amides is 2. The van der Waals surface area contributed by atoms with Gasteiger partial charge in [0.1, 0.15) is 11.4 Å². The molecule has 2 heterocycles. The summed E-state index contributed by atoms with van der Waals surface area (Å²) in [4.78, 5) is 26.6. The molecule has 148 valence electrons. The Hall–Kier alpha value is -2.00. The van der Waals surface area contributed by atoms with Gasteiger partial charge in [-0.25, -0.2) is 12.8 Å². The Morgan fingerprint density at radius 3 is 2.33 bits per heavy atom. The summed E-state index contributed by atoms with van der Waals surface area (Å²) in [5.74, 6) is -1.09. The lowest BCUT2D eigenvalue weighted by atomic mass is 9.91. The van der Waals surface area contributed by atoms with Crippen LogP contribution in [0.3, 0.4) is 0 Å². The molecule has 2 aliphatic heterocycles. The lowest BCUT2D eigenvalue weighted by Gasteiger charge is -2.43. The van der Waals surface area contributed by atoms with E-state index in [0.29, 0.717) is 25.9 Å². The summed E-state index contributed by atoms with van der Waals surface area (Å²) in [6.45, 7) is 4.74. The summed E-state index contributed by atoms with van der Waals surface area (Å²) in [7, 11) is -3.71. The molecule has 2 fully saturated rings. The van der Waals surface area contributed by atoms with Crippen LogP contribution in [0.2, 0.25) is 0 Å². The lowest BCUT2D eigenvalue weighted by molar-refractivity contribution is -0.152. The van der Waals surface area contributed by atoms with Gasteiger partial charge in [0.05, 0.1) is 4.90 Å². The van der Waals surface area contributed by atoms with Gasteiger partial charge in [-0.05, 0) is 51.0 Å². The minimum atomic E-state index is -3.71. The highest BCUT2D eigenvalue weighted by molar-refractivity contribution is 7.89. The Labute approximate surface area is 158 Å². The highest BCUT2D eigenvalue weighted by Crippen LogP contribution is 2.28. The van der Waals surface area contributed by atoms with E-state index in [4.69, 9.17) is 0 Å². The van der Waals surface area contributed by atoms with Crippen LogP contribution in [-0.4, -0.2) is 61.2 Å². The number of carbonyl (C=O) groups excluding carboxylic acids is 2. The summed E-state index contributed by atoms with van der Waals surface area (Å²) in [6, 6.07) is 4.73. The van der Waals surface area contributed by atoms with E-state index in [2.05, 4.69) is 5.32 Å². The second kappa shape index (κ2) is 7.20. The van der Waals surface area contributed by atoms with Crippen molar-refractivity contribution in [1.29, 1.82) is 0 Å². The maximum atomic E-state index is 13.0. The van der Waals surface area contributed by atoms with E-state index in [1.54, 1.807) is 18.7 Å². The van der Waals surface area contributed by atoms with Gasteiger partial charge in [-0.2, -0.15) is 4.31 Å². The van der Waals surface area contributed by atoms with E-state index in [0.717, 1.165) is 12.1 Å². The van der Waals surface area contributed by atoms with Crippen LogP contribution in [0, 0.1) is 11.7 Å². The van der Waals surface area contributed by atoms with Crippen molar-refractivity contribution in [1.82, 2.24) is 14.5 Å². The molecule has 0 radical (unpaired) electrons. The van der Waals surface area contributed by atoms with Crippen molar-refractivity contribution in [3.05, 3.63) is 30.1 Å². The minimum Gasteiger partial charge on any atom is -0.352 e. The van der Waals surface area contributed by atoms with Gasteiger partial charge in [-0.15, -0.1) is 0 Å². The van der Waals surface area contributed by atoms with Crippen LogP contribution in [0.4, 0.5) is 4.39 Å². The third kappa shape index (κ3) is 3.70. The minimum absolute atomic E-state index is 0.0440. The topological polar surface area (TPSA) is 86.8 Å². The molecule has 27 heavy (non-hydrogen) atoms. The molecular formula is C18H24FN3O4S. The Kier molecular flexibility index (Phi) is 5.27. The van der Waals surface area contributed by atoms with Crippen molar-refractivity contribution in [2.24, 2.45) is 5.92 Å². The summed E-state index contributed by atoms with van der Waals surface area (Å²) < 4.78 is 39.7. The average Bonchev–Trinajstić information content (AvgIpc) is 2.64. The van der Waals surface area contributed by atoms with Crippen LogP contribution in [0.25, 0.3) is 0 Å². The first-order chi connectivity index (χ1) is 12.6. The molecule has 0 bridgehead atoms. The molecule has 0 atom stereocenters. The van der Waals surface area contributed by atoms with Crippen LogP contribution in [0.5, 0.6) is 0 Å². The zero-order valence-corrected chi connectivity index (χ0v) is 16.3. The Balaban J connectivity index is 1.67. The van der Waals surface area contributed by atoms with Gasteiger partial charge in [0.2, 0.25) is 21.8 Å². The zero-order valence-electron chi connectivity index (χ0n) is 15.4. The molecule has 0 aromatic heterocycles. The molecule has 0 aliphatic carbocycles. The Morgan fingerprint density at radius 2 is 1.74 bits per heavy atom. The monoisotopic (exact) mass is 397 g/mol. The number of nitrogens with zero attached hydrogens (tertiary/aromatic N) is 2. The van der Waals surface area contributed by atoms with Gasteiger partial charge in [-0.3, -0.25) is 9.59 Å². The van der Waals surface area contributed by atoms with Crippen LogP contribution in [0.15, 0.2) is 29.2 Å². The second-order valence-corrected chi connectivity index (χ2v) is 9.38. The second-order valence-electron chi connectivity index (χ2n) is 7.44. The quantitative estimate of drug-likeness (QED) is 0.823. The van der Waals surface area contributed by atoms with Crippen LogP contribution in [-0.2, 0) is 19.6 Å². The summed E-state index contributed by atoms with van der Waals surface area (Å²) in [5.41, 5.74) is -0.910. The zero-order chi connectivity index (χ0) is 19.8. The Morgan fingerprint density at radius 1 is 1.15 bits per heavy atom. The molecule has 9 heteroatoms. The van der Waals surface area contributed by atoms with E-state index in [-0.39, 0.29) is 35.7 Å². The SMILES string of the molecule is CC1(C)C(=O)NCCN1C(=O)C1CCN(S(=O)(=O)c2ccc(F)cc2)CC1.